The van der Waals surface area contributed by atoms with Crippen LogP contribution in [0, 0.1) is 0 Å². The number of alkyl halides is 3. The Morgan fingerprint density at radius 2 is 1.77 bits per heavy atom. The minimum atomic E-state index is -4.56. The Morgan fingerprint density at radius 3 is 2.38 bits per heavy atom. The topological polar surface area (TPSA) is 72.2 Å². The minimum absolute atomic E-state index is 0.120. The van der Waals surface area contributed by atoms with Crippen molar-refractivity contribution in [3.05, 3.63) is 77.4 Å². The van der Waals surface area contributed by atoms with E-state index in [1.807, 2.05) is 30.3 Å². The number of hydrogen-bond donors (Lipinski definition) is 2. The maximum Gasteiger partial charge on any atom is 0.416 e. The Bertz CT molecular complexity index is 802. The predicted octanol–water partition coefficient (Wildman–Crippen LogP) is 3.39. The lowest BCUT2D eigenvalue weighted by Crippen LogP contribution is -2.44. The largest absolute Gasteiger partial charge is 0.416 e. The summed E-state index contributed by atoms with van der Waals surface area (Å²) in [6, 6.07) is 12.2. The van der Waals surface area contributed by atoms with Gasteiger partial charge < -0.3 is 11.1 Å². The molecule has 0 heterocycles. The van der Waals surface area contributed by atoms with Crippen LogP contribution in [0.25, 0.3) is 6.08 Å². The lowest BCUT2D eigenvalue weighted by Gasteiger charge is -2.14. The van der Waals surface area contributed by atoms with E-state index in [2.05, 4.69) is 5.32 Å². The van der Waals surface area contributed by atoms with Gasteiger partial charge in [0.15, 0.2) is 0 Å². The van der Waals surface area contributed by atoms with Crippen LogP contribution in [0.1, 0.15) is 27.9 Å². The van der Waals surface area contributed by atoms with E-state index in [0.717, 1.165) is 23.8 Å². The van der Waals surface area contributed by atoms with Gasteiger partial charge in [-0.3, -0.25) is 9.59 Å². The molecule has 26 heavy (non-hydrogen) atoms. The summed E-state index contributed by atoms with van der Waals surface area (Å²) in [7, 11) is 0. The Morgan fingerprint density at radius 1 is 1.08 bits per heavy atom. The molecule has 0 unspecified atom stereocenters. The number of halogens is 3. The molecule has 2 aromatic rings. The smallest absolute Gasteiger partial charge is 0.368 e. The molecular formula is C19H17F3N2O2. The fraction of sp³-hybridized carbons (Fsp3) is 0.158. The highest BCUT2D eigenvalue weighted by Crippen LogP contribution is 2.29. The number of carbonyl (C=O) groups excluding carboxylic acids is 2. The summed E-state index contributed by atoms with van der Waals surface area (Å²) in [5.41, 5.74) is 5.04. The first-order chi connectivity index (χ1) is 12.3. The monoisotopic (exact) mass is 362 g/mol. The van der Waals surface area contributed by atoms with Crippen molar-refractivity contribution in [1.29, 1.82) is 0 Å². The van der Waals surface area contributed by atoms with Crippen LogP contribution in [0.2, 0.25) is 0 Å². The zero-order valence-corrected chi connectivity index (χ0v) is 13.7. The van der Waals surface area contributed by atoms with Crippen molar-refractivity contribution in [2.24, 2.45) is 5.73 Å². The summed E-state index contributed by atoms with van der Waals surface area (Å²) in [5.74, 6) is -1.57. The van der Waals surface area contributed by atoms with Crippen LogP contribution in [0.5, 0.6) is 0 Å². The second-order valence-electron chi connectivity index (χ2n) is 5.56. The minimum Gasteiger partial charge on any atom is -0.368 e. The average molecular weight is 362 g/mol. The second kappa shape index (κ2) is 8.33. The van der Waals surface area contributed by atoms with E-state index in [9.17, 15) is 22.8 Å². The number of primary amides is 1. The molecule has 0 fully saturated rings. The Hall–Kier alpha value is -3.09. The van der Waals surface area contributed by atoms with Crippen LogP contribution in [0.3, 0.4) is 0 Å². The standard InChI is InChI=1S/C19H17F3N2O2/c20-19(21,22)15-10-5-9-14(12-15)18(26)24-16(17(23)25)11-4-8-13-6-2-1-3-7-13/h1-10,12,16H,11H2,(H2,23,25)(H,24,26)/b8-4+/t16-/m1/s1. The molecule has 0 spiro atoms. The van der Waals surface area contributed by atoms with Crippen LogP contribution in [-0.4, -0.2) is 17.9 Å². The van der Waals surface area contributed by atoms with Crippen molar-refractivity contribution in [2.75, 3.05) is 0 Å². The van der Waals surface area contributed by atoms with Crippen molar-refractivity contribution in [3.63, 3.8) is 0 Å². The van der Waals surface area contributed by atoms with Crippen LogP contribution in [0.4, 0.5) is 13.2 Å². The van der Waals surface area contributed by atoms with Gasteiger partial charge in [-0.1, -0.05) is 48.6 Å². The molecule has 0 saturated carbocycles. The number of hydrogen-bond acceptors (Lipinski definition) is 2. The highest BCUT2D eigenvalue weighted by Gasteiger charge is 2.31. The number of amides is 2. The maximum atomic E-state index is 12.7. The molecule has 2 amide bonds. The molecule has 0 aromatic heterocycles. The van der Waals surface area contributed by atoms with Crippen molar-refractivity contribution >= 4 is 17.9 Å². The van der Waals surface area contributed by atoms with Crippen LogP contribution in [-0.2, 0) is 11.0 Å². The molecule has 4 nitrogen and oxygen atoms in total. The van der Waals surface area contributed by atoms with E-state index >= 15 is 0 Å². The quantitative estimate of drug-likeness (QED) is 0.827. The molecule has 2 rings (SSSR count). The highest BCUT2D eigenvalue weighted by atomic mass is 19.4. The van der Waals surface area contributed by atoms with Gasteiger partial charge >= 0.3 is 6.18 Å². The number of rotatable bonds is 6. The normalized spacial score (nSPS) is 12.7. The number of benzene rings is 2. The fourth-order valence-electron chi connectivity index (χ4n) is 2.23. The highest BCUT2D eigenvalue weighted by molar-refractivity contribution is 5.97. The summed E-state index contributed by atoms with van der Waals surface area (Å²) >= 11 is 0. The van der Waals surface area contributed by atoms with Crippen molar-refractivity contribution in [3.8, 4) is 0 Å². The molecule has 3 N–H and O–H groups in total. The molecule has 0 bridgehead atoms. The summed E-state index contributed by atoms with van der Waals surface area (Å²) in [5, 5.41) is 2.37. The lowest BCUT2D eigenvalue weighted by molar-refractivity contribution is -0.137. The zero-order valence-electron chi connectivity index (χ0n) is 13.7. The molecule has 0 radical (unpaired) electrons. The van der Waals surface area contributed by atoms with E-state index < -0.39 is 29.6 Å². The molecule has 0 aliphatic carbocycles. The first-order valence-corrected chi connectivity index (χ1v) is 7.76. The van der Waals surface area contributed by atoms with Gasteiger partial charge in [0.05, 0.1) is 5.56 Å². The lowest BCUT2D eigenvalue weighted by atomic mass is 10.1. The number of nitrogens with two attached hydrogens (primary N) is 1. The molecule has 0 saturated heterocycles. The summed E-state index contributed by atoms with van der Waals surface area (Å²) in [6.07, 6.45) is -1.02. The van der Waals surface area contributed by atoms with Gasteiger partial charge in [0.25, 0.3) is 5.91 Å². The molecule has 7 heteroatoms. The van der Waals surface area contributed by atoms with Gasteiger partial charge in [0, 0.05) is 5.56 Å². The molecule has 1 atom stereocenters. The van der Waals surface area contributed by atoms with Crippen molar-refractivity contribution < 1.29 is 22.8 Å². The van der Waals surface area contributed by atoms with Gasteiger partial charge in [-0.15, -0.1) is 0 Å². The van der Waals surface area contributed by atoms with Crippen LogP contribution in [0.15, 0.2) is 60.7 Å². The predicted molar refractivity (Wildman–Crippen MR) is 92.0 cm³/mol. The zero-order chi connectivity index (χ0) is 19.2. The van der Waals surface area contributed by atoms with E-state index in [0.29, 0.717) is 0 Å². The van der Waals surface area contributed by atoms with Gasteiger partial charge in [-0.05, 0) is 30.2 Å². The van der Waals surface area contributed by atoms with E-state index in [1.165, 1.54) is 6.07 Å². The van der Waals surface area contributed by atoms with Gasteiger partial charge in [-0.25, -0.2) is 0 Å². The Kier molecular flexibility index (Phi) is 6.16. The molecule has 136 valence electrons. The first-order valence-electron chi connectivity index (χ1n) is 7.76. The van der Waals surface area contributed by atoms with E-state index in [4.69, 9.17) is 5.73 Å². The Labute approximate surface area is 148 Å². The third kappa shape index (κ3) is 5.47. The van der Waals surface area contributed by atoms with Crippen molar-refractivity contribution in [1.82, 2.24) is 5.32 Å². The third-order valence-corrected chi connectivity index (χ3v) is 3.58. The van der Waals surface area contributed by atoms with Crippen LogP contribution < -0.4 is 11.1 Å². The van der Waals surface area contributed by atoms with E-state index in [1.54, 1.807) is 12.2 Å². The Balaban J connectivity index is 2.06. The van der Waals surface area contributed by atoms with Gasteiger partial charge in [-0.2, -0.15) is 13.2 Å². The summed E-state index contributed by atoms with van der Waals surface area (Å²) < 4.78 is 38.2. The molecular weight excluding hydrogens is 345 g/mol. The first kappa shape index (κ1) is 19.2. The molecule has 0 aliphatic rings. The molecule has 2 aromatic carbocycles. The summed E-state index contributed by atoms with van der Waals surface area (Å²) in [6.45, 7) is 0. The summed E-state index contributed by atoms with van der Waals surface area (Å²) in [4.78, 5) is 23.7. The SMILES string of the molecule is NC(=O)[C@@H](C/C=C/c1ccccc1)NC(=O)c1cccc(C(F)(F)F)c1. The van der Waals surface area contributed by atoms with Gasteiger partial charge in [0.2, 0.25) is 5.91 Å². The van der Waals surface area contributed by atoms with E-state index in [-0.39, 0.29) is 12.0 Å². The number of nitrogens with one attached hydrogen (secondary N) is 1. The van der Waals surface area contributed by atoms with Crippen LogP contribution >= 0.6 is 0 Å². The second-order valence-corrected chi connectivity index (χ2v) is 5.56. The average Bonchev–Trinajstić information content (AvgIpc) is 2.61. The van der Waals surface area contributed by atoms with Crippen molar-refractivity contribution in [2.45, 2.75) is 18.6 Å². The maximum absolute atomic E-state index is 12.7. The number of carbonyl (C=O) groups is 2. The third-order valence-electron chi connectivity index (χ3n) is 3.58. The fourth-order valence-corrected chi connectivity index (χ4v) is 2.23. The molecule has 0 aliphatic heterocycles. The van der Waals surface area contributed by atoms with Gasteiger partial charge in [0.1, 0.15) is 6.04 Å².